The molecular weight excluding hydrogens is 404 g/mol. The quantitative estimate of drug-likeness (QED) is 0.287. The normalized spacial score (nSPS) is 16.1. The summed E-state index contributed by atoms with van der Waals surface area (Å²) in [5, 5.41) is 15.0. The Morgan fingerprint density at radius 3 is 2.43 bits per heavy atom. The van der Waals surface area contributed by atoms with Gasteiger partial charge in [0.25, 0.3) is 5.69 Å². The number of sulfonamides is 1. The van der Waals surface area contributed by atoms with Crippen molar-refractivity contribution in [1.29, 1.82) is 0 Å². The molecule has 28 heavy (non-hydrogen) atoms. The minimum atomic E-state index is -3.69. The number of nitrogens with zero attached hydrogens (tertiary/aromatic N) is 6. The zero-order valence-electron chi connectivity index (χ0n) is 15.0. The highest BCUT2D eigenvalue weighted by molar-refractivity contribution is 7.89. The Bertz CT molecular complexity index is 1020. The van der Waals surface area contributed by atoms with Gasteiger partial charge in [-0.2, -0.15) is 9.40 Å². The van der Waals surface area contributed by atoms with Crippen LogP contribution in [-0.2, 0) is 23.2 Å². The average Bonchev–Trinajstić information content (AvgIpc) is 3.02. The van der Waals surface area contributed by atoms with E-state index in [1.807, 2.05) is 0 Å². The van der Waals surface area contributed by atoms with Gasteiger partial charge in [0.15, 0.2) is 4.77 Å². The second kappa shape index (κ2) is 8.31. The van der Waals surface area contributed by atoms with E-state index in [1.165, 1.54) is 28.6 Å². The molecule has 3 rings (SSSR count). The third-order valence-corrected chi connectivity index (χ3v) is 6.83. The zero-order chi connectivity index (χ0) is 20.3. The molecule has 0 radical (unpaired) electrons. The average molecular weight is 425 g/mol. The van der Waals surface area contributed by atoms with E-state index in [9.17, 15) is 18.5 Å². The first kappa shape index (κ1) is 20.3. The number of benzene rings is 1. The molecule has 1 aliphatic rings. The first-order chi connectivity index (χ1) is 13.3. The predicted octanol–water partition coefficient (Wildman–Crippen LogP) is 1.47. The van der Waals surface area contributed by atoms with E-state index < -0.39 is 14.9 Å². The molecule has 150 valence electrons. The molecule has 0 amide bonds. The molecule has 10 nitrogen and oxygen atoms in total. The van der Waals surface area contributed by atoms with Crippen LogP contribution in [0.4, 0.5) is 5.69 Å². The molecule has 0 bridgehead atoms. The summed E-state index contributed by atoms with van der Waals surface area (Å²) < 4.78 is 31.0. The largest absolute Gasteiger partial charge is 0.303 e. The van der Waals surface area contributed by atoms with Crippen LogP contribution >= 0.6 is 12.2 Å². The molecule has 0 saturated carbocycles. The summed E-state index contributed by atoms with van der Waals surface area (Å²) in [6, 6.07) is 4.94. The van der Waals surface area contributed by atoms with Gasteiger partial charge in [0.1, 0.15) is 6.33 Å². The molecule has 1 saturated heterocycles. The van der Waals surface area contributed by atoms with Crippen LogP contribution in [0.25, 0.3) is 0 Å². The Labute approximate surface area is 167 Å². The highest BCUT2D eigenvalue weighted by Crippen LogP contribution is 2.20. The number of piperazine rings is 1. The number of rotatable bonds is 7. The molecule has 0 aliphatic carbocycles. The van der Waals surface area contributed by atoms with Crippen molar-refractivity contribution in [3.05, 3.63) is 58.1 Å². The van der Waals surface area contributed by atoms with Crippen LogP contribution in [0.2, 0.25) is 0 Å². The lowest BCUT2D eigenvalue weighted by Gasteiger charge is -2.33. The van der Waals surface area contributed by atoms with Gasteiger partial charge in [-0.1, -0.05) is 6.08 Å². The van der Waals surface area contributed by atoms with Crippen LogP contribution in [0.15, 0.2) is 48.1 Å². The Hall–Kier alpha value is -2.41. The summed E-state index contributed by atoms with van der Waals surface area (Å²) >= 11 is 5.37. The first-order valence-electron chi connectivity index (χ1n) is 8.53. The van der Waals surface area contributed by atoms with Gasteiger partial charge in [0.05, 0.1) is 16.5 Å². The molecule has 0 spiro atoms. The lowest BCUT2D eigenvalue weighted by Crippen LogP contribution is -2.48. The molecule has 0 N–H and O–H groups in total. The van der Waals surface area contributed by atoms with Crippen molar-refractivity contribution >= 4 is 27.9 Å². The lowest BCUT2D eigenvalue weighted by molar-refractivity contribution is -0.384. The third kappa shape index (κ3) is 4.19. The molecule has 1 aromatic heterocycles. The minimum absolute atomic E-state index is 0.0527. The second-order valence-electron chi connectivity index (χ2n) is 6.27. The van der Waals surface area contributed by atoms with Gasteiger partial charge in [-0.05, 0) is 24.4 Å². The molecule has 1 aromatic carbocycles. The second-order valence-corrected chi connectivity index (χ2v) is 8.57. The minimum Gasteiger partial charge on any atom is -0.303 e. The van der Waals surface area contributed by atoms with Crippen molar-refractivity contribution < 1.29 is 13.3 Å². The van der Waals surface area contributed by atoms with Crippen LogP contribution in [0.1, 0.15) is 0 Å². The summed E-state index contributed by atoms with van der Waals surface area (Å²) in [7, 11) is -3.69. The van der Waals surface area contributed by atoms with Crippen molar-refractivity contribution in [3.63, 3.8) is 0 Å². The summed E-state index contributed by atoms with van der Waals surface area (Å²) in [4.78, 5) is 12.3. The first-order valence-corrected chi connectivity index (χ1v) is 10.4. The summed E-state index contributed by atoms with van der Waals surface area (Å²) in [6.45, 7) is 6.44. The highest BCUT2D eigenvalue weighted by Gasteiger charge is 2.29. The molecule has 0 unspecified atom stereocenters. The van der Waals surface area contributed by atoms with E-state index in [-0.39, 0.29) is 10.6 Å². The Morgan fingerprint density at radius 2 is 1.86 bits per heavy atom. The van der Waals surface area contributed by atoms with Crippen molar-refractivity contribution in [1.82, 2.24) is 23.6 Å². The number of non-ortho nitro benzene ring substituents is 1. The number of nitro benzene ring substituents is 1. The third-order valence-electron chi connectivity index (χ3n) is 4.47. The maximum absolute atomic E-state index is 12.8. The van der Waals surface area contributed by atoms with Gasteiger partial charge in [-0.15, -0.1) is 6.58 Å². The van der Waals surface area contributed by atoms with E-state index in [0.717, 1.165) is 0 Å². The SMILES string of the molecule is C=CCn1cnn(CN2CCN(S(=O)(=O)c3ccc([N+](=O)[O-])cc3)CC2)c1=S. The van der Waals surface area contributed by atoms with Gasteiger partial charge in [-0.3, -0.25) is 15.0 Å². The molecule has 2 aromatic rings. The molecular formula is C16H20N6O4S2. The van der Waals surface area contributed by atoms with Crippen LogP contribution in [0.3, 0.4) is 0 Å². The van der Waals surface area contributed by atoms with Crippen molar-refractivity contribution in [2.75, 3.05) is 26.2 Å². The monoisotopic (exact) mass is 424 g/mol. The van der Waals surface area contributed by atoms with Crippen LogP contribution < -0.4 is 0 Å². The number of hydrogen-bond donors (Lipinski definition) is 0. The highest BCUT2D eigenvalue weighted by atomic mass is 32.2. The number of allylic oxidation sites excluding steroid dienone is 1. The lowest BCUT2D eigenvalue weighted by atomic mass is 10.3. The Kier molecular flexibility index (Phi) is 6.03. The molecule has 1 fully saturated rings. The van der Waals surface area contributed by atoms with Crippen molar-refractivity contribution in [2.24, 2.45) is 0 Å². The maximum Gasteiger partial charge on any atom is 0.269 e. The van der Waals surface area contributed by atoms with Gasteiger partial charge in [0, 0.05) is 44.9 Å². The van der Waals surface area contributed by atoms with Crippen LogP contribution in [-0.4, -0.2) is 63.1 Å². The fourth-order valence-corrected chi connectivity index (χ4v) is 4.57. The van der Waals surface area contributed by atoms with Crippen LogP contribution in [0, 0.1) is 14.9 Å². The predicted molar refractivity (Wildman–Crippen MR) is 105 cm³/mol. The molecule has 0 atom stereocenters. The topological polar surface area (TPSA) is 107 Å². The van der Waals surface area contributed by atoms with Crippen molar-refractivity contribution in [3.8, 4) is 0 Å². The van der Waals surface area contributed by atoms with E-state index in [2.05, 4.69) is 16.6 Å². The van der Waals surface area contributed by atoms with E-state index in [4.69, 9.17) is 12.2 Å². The zero-order valence-corrected chi connectivity index (χ0v) is 16.7. The van der Waals surface area contributed by atoms with E-state index in [1.54, 1.807) is 21.7 Å². The smallest absolute Gasteiger partial charge is 0.269 e. The van der Waals surface area contributed by atoms with Gasteiger partial charge < -0.3 is 4.57 Å². The fourth-order valence-electron chi connectivity index (χ4n) is 2.92. The van der Waals surface area contributed by atoms with Crippen LogP contribution in [0.5, 0.6) is 0 Å². The van der Waals surface area contributed by atoms with E-state index >= 15 is 0 Å². The standard InChI is InChI=1S/C16H20N6O4S2/c1-2-7-19-12-17-21(16(19)27)13-18-8-10-20(11-9-18)28(25,26)15-5-3-14(4-6-15)22(23)24/h2-6,12H,1,7-11,13H2. The van der Waals surface area contributed by atoms with E-state index in [0.29, 0.717) is 44.2 Å². The Balaban J connectivity index is 1.63. The Morgan fingerprint density at radius 1 is 1.21 bits per heavy atom. The number of nitro groups is 1. The maximum atomic E-state index is 12.8. The van der Waals surface area contributed by atoms with Crippen molar-refractivity contribution in [2.45, 2.75) is 18.1 Å². The number of hydrogen-bond acceptors (Lipinski definition) is 7. The number of aromatic nitrogens is 3. The fraction of sp³-hybridized carbons (Fsp3) is 0.375. The van der Waals surface area contributed by atoms with Gasteiger partial charge in [-0.25, -0.2) is 13.1 Å². The summed E-state index contributed by atoms with van der Waals surface area (Å²) in [6.07, 6.45) is 3.39. The summed E-state index contributed by atoms with van der Waals surface area (Å²) in [5.41, 5.74) is -0.142. The molecule has 12 heteroatoms. The van der Waals surface area contributed by atoms with Gasteiger partial charge >= 0.3 is 0 Å². The molecule has 2 heterocycles. The van der Waals surface area contributed by atoms with Gasteiger partial charge in [0.2, 0.25) is 10.0 Å². The molecule has 1 aliphatic heterocycles. The summed E-state index contributed by atoms with van der Waals surface area (Å²) in [5.74, 6) is 0.